The van der Waals surface area contributed by atoms with Crippen LogP contribution in [0.4, 0.5) is 0 Å². The lowest BCUT2D eigenvalue weighted by Gasteiger charge is -2.09. The molecule has 1 saturated carbocycles. The molecule has 0 aliphatic heterocycles. The number of aryl methyl sites for hydroxylation is 1. The average molecular weight is 560 g/mol. The molecule has 1 atom stereocenters. The van der Waals surface area contributed by atoms with Gasteiger partial charge in [0.05, 0.1) is 58.6 Å². The SMILES string of the molecule is COc1cccc2c1c(CS(=O)(=S)c1ccc(Cl)s1)nn2Cc1cccc(CCC(=O)C2(N)CC2)c1. The molecule has 2 heterocycles. The van der Waals surface area contributed by atoms with Gasteiger partial charge in [-0.15, -0.1) is 11.3 Å². The molecule has 2 aromatic carbocycles. The highest BCUT2D eigenvalue weighted by atomic mass is 35.5. The number of ether oxygens (including phenoxy) is 1. The molecule has 1 aliphatic carbocycles. The Kier molecular flexibility index (Phi) is 6.95. The van der Waals surface area contributed by atoms with Gasteiger partial charge in [-0.2, -0.15) is 5.10 Å². The molecule has 4 aromatic rings. The van der Waals surface area contributed by atoms with Gasteiger partial charge in [-0.1, -0.05) is 41.9 Å². The van der Waals surface area contributed by atoms with Crippen LogP contribution in [-0.4, -0.2) is 32.4 Å². The second-order valence-electron chi connectivity index (χ2n) is 9.18. The molecule has 2 aromatic heterocycles. The van der Waals surface area contributed by atoms with E-state index in [1.165, 1.54) is 11.3 Å². The van der Waals surface area contributed by atoms with Gasteiger partial charge >= 0.3 is 0 Å². The van der Waals surface area contributed by atoms with Gasteiger partial charge in [0, 0.05) is 6.42 Å². The minimum atomic E-state index is -2.80. The zero-order valence-electron chi connectivity index (χ0n) is 19.7. The number of thiophene rings is 1. The quantitative estimate of drug-likeness (QED) is 0.291. The lowest BCUT2D eigenvalue weighted by Crippen LogP contribution is -2.32. The van der Waals surface area contributed by atoms with Crippen LogP contribution in [0.15, 0.2) is 58.8 Å². The lowest BCUT2D eigenvalue weighted by atomic mass is 10.0. The molecule has 1 unspecified atom stereocenters. The summed E-state index contributed by atoms with van der Waals surface area (Å²) in [7, 11) is -1.19. The van der Waals surface area contributed by atoms with E-state index in [4.69, 9.17) is 38.4 Å². The number of methoxy groups -OCH3 is 1. The third-order valence-electron chi connectivity index (χ3n) is 6.52. The Balaban J connectivity index is 1.44. The number of hydrogen-bond acceptors (Lipinski definition) is 7. The molecule has 0 bridgehead atoms. The summed E-state index contributed by atoms with van der Waals surface area (Å²) < 4.78 is 22.1. The molecule has 2 N–H and O–H groups in total. The van der Waals surface area contributed by atoms with Gasteiger partial charge in [-0.3, -0.25) is 13.7 Å². The van der Waals surface area contributed by atoms with Crippen molar-refractivity contribution in [2.75, 3.05) is 7.11 Å². The Bertz CT molecular complexity index is 1550. The summed E-state index contributed by atoms with van der Waals surface area (Å²) in [5.74, 6) is 0.903. The van der Waals surface area contributed by atoms with Gasteiger partial charge in [0.2, 0.25) is 0 Å². The van der Waals surface area contributed by atoms with Crippen molar-refractivity contribution in [1.82, 2.24) is 9.78 Å². The van der Waals surface area contributed by atoms with E-state index in [-0.39, 0.29) is 11.5 Å². The number of rotatable bonds is 10. The van der Waals surface area contributed by atoms with Gasteiger partial charge < -0.3 is 10.5 Å². The van der Waals surface area contributed by atoms with Crippen molar-refractivity contribution in [3.63, 3.8) is 0 Å². The fraction of sp³-hybridized carbons (Fsp3) is 0.308. The summed E-state index contributed by atoms with van der Waals surface area (Å²) in [5, 5.41) is 5.65. The van der Waals surface area contributed by atoms with Gasteiger partial charge in [0.1, 0.15) is 5.75 Å². The molecule has 0 saturated heterocycles. The number of carbonyl (C=O) groups excluding carboxylic acids is 1. The van der Waals surface area contributed by atoms with Gasteiger partial charge in [-0.05, 0) is 65.8 Å². The Hall–Kier alpha value is -2.30. The van der Waals surface area contributed by atoms with Crippen LogP contribution in [0.25, 0.3) is 10.9 Å². The largest absolute Gasteiger partial charge is 0.496 e. The van der Waals surface area contributed by atoms with Crippen molar-refractivity contribution in [3.05, 3.63) is 75.8 Å². The van der Waals surface area contributed by atoms with Crippen molar-refractivity contribution in [2.45, 2.75) is 47.7 Å². The van der Waals surface area contributed by atoms with E-state index in [0.29, 0.717) is 39.4 Å². The molecule has 0 amide bonds. The topological polar surface area (TPSA) is 87.2 Å². The standard InChI is InChI=1S/C26H26ClN3O3S3/c1-33-21-7-3-6-20-25(21)19(16-36(32,34)24-11-10-23(27)35-24)29-30(20)15-18-5-2-4-17(14-18)8-9-22(31)26(28)12-13-26/h2-7,10-11,14H,8-9,12-13,15-16,28H2,1H3. The van der Waals surface area contributed by atoms with E-state index < -0.39 is 14.0 Å². The first kappa shape index (κ1) is 25.4. The van der Waals surface area contributed by atoms with Crippen molar-refractivity contribution in [1.29, 1.82) is 0 Å². The number of carbonyl (C=O) groups is 1. The number of halogens is 1. The Labute approximate surface area is 224 Å². The first-order valence-corrected chi connectivity index (χ1v) is 15.4. The Morgan fingerprint density at radius 3 is 2.67 bits per heavy atom. The number of nitrogens with zero attached hydrogens (tertiary/aromatic N) is 2. The van der Waals surface area contributed by atoms with Crippen molar-refractivity contribution in [3.8, 4) is 5.75 Å². The number of Topliss-reactive ketones (excluding diaryl/α,β-unsaturated/α-hetero) is 1. The molecule has 10 heteroatoms. The first-order valence-electron chi connectivity index (χ1n) is 11.6. The third-order valence-corrected chi connectivity index (χ3v) is 11.2. The zero-order chi connectivity index (χ0) is 25.5. The number of benzene rings is 2. The van der Waals surface area contributed by atoms with Gasteiger partial charge in [-0.25, -0.2) is 0 Å². The second-order valence-corrected chi connectivity index (χ2v) is 14.7. The van der Waals surface area contributed by atoms with Crippen LogP contribution in [0.3, 0.4) is 0 Å². The predicted molar refractivity (Wildman–Crippen MR) is 148 cm³/mol. The fourth-order valence-electron chi connectivity index (χ4n) is 4.36. The maximum Gasteiger partial charge on any atom is 0.152 e. The highest BCUT2D eigenvalue weighted by Gasteiger charge is 2.44. The van der Waals surface area contributed by atoms with Crippen LogP contribution in [0.5, 0.6) is 5.75 Å². The van der Waals surface area contributed by atoms with Crippen molar-refractivity contribution >= 4 is 59.3 Å². The summed E-state index contributed by atoms with van der Waals surface area (Å²) in [5.41, 5.74) is 9.10. The average Bonchev–Trinajstić information content (AvgIpc) is 3.30. The summed E-state index contributed by atoms with van der Waals surface area (Å²) in [4.78, 5) is 12.3. The van der Waals surface area contributed by atoms with Crippen LogP contribution in [0.2, 0.25) is 4.34 Å². The molecule has 1 aliphatic rings. The maximum absolute atomic E-state index is 13.5. The summed E-state index contributed by atoms with van der Waals surface area (Å²) in [6.07, 6.45) is 2.69. The van der Waals surface area contributed by atoms with Gasteiger partial charge in [0.15, 0.2) is 5.78 Å². The molecule has 188 valence electrons. The highest BCUT2D eigenvalue weighted by molar-refractivity contribution is 8.33. The molecule has 5 rings (SSSR count). The number of aromatic nitrogens is 2. The Morgan fingerprint density at radius 1 is 1.22 bits per heavy atom. The first-order chi connectivity index (χ1) is 17.2. The highest BCUT2D eigenvalue weighted by Crippen LogP contribution is 2.35. The summed E-state index contributed by atoms with van der Waals surface area (Å²) in [6.45, 7) is 0.510. The molecule has 0 spiro atoms. The van der Waals surface area contributed by atoms with E-state index >= 15 is 0 Å². The monoisotopic (exact) mass is 559 g/mol. The lowest BCUT2D eigenvalue weighted by molar-refractivity contribution is -0.121. The van der Waals surface area contributed by atoms with Crippen LogP contribution >= 0.6 is 22.9 Å². The minimum Gasteiger partial charge on any atom is -0.496 e. The molecular weight excluding hydrogens is 534 g/mol. The van der Waals surface area contributed by atoms with E-state index in [1.54, 1.807) is 19.2 Å². The molecule has 1 fully saturated rings. The number of hydrogen-bond donors (Lipinski definition) is 1. The van der Waals surface area contributed by atoms with Crippen LogP contribution in [-0.2, 0) is 43.2 Å². The number of ketones is 1. The fourth-order valence-corrected chi connectivity index (χ4v) is 8.01. The van der Waals surface area contributed by atoms with Crippen molar-refractivity contribution in [2.24, 2.45) is 5.73 Å². The molecule has 0 radical (unpaired) electrons. The molecular formula is C26H26ClN3O3S3. The summed E-state index contributed by atoms with van der Waals surface area (Å²) >= 11 is 12.8. The summed E-state index contributed by atoms with van der Waals surface area (Å²) in [6, 6.07) is 17.3. The number of fused-ring (bicyclic) bond motifs is 1. The van der Waals surface area contributed by atoms with E-state index in [1.807, 2.05) is 41.1 Å². The predicted octanol–water partition coefficient (Wildman–Crippen LogP) is 5.11. The van der Waals surface area contributed by atoms with Crippen molar-refractivity contribution < 1.29 is 13.7 Å². The smallest absolute Gasteiger partial charge is 0.152 e. The zero-order valence-corrected chi connectivity index (χ0v) is 22.9. The Morgan fingerprint density at radius 2 is 1.97 bits per heavy atom. The van der Waals surface area contributed by atoms with E-state index in [2.05, 4.69) is 6.07 Å². The number of nitrogens with two attached hydrogens (primary N) is 1. The van der Waals surface area contributed by atoms with Gasteiger partial charge in [0.25, 0.3) is 0 Å². The van der Waals surface area contributed by atoms with E-state index in [9.17, 15) is 9.00 Å². The normalized spacial score (nSPS) is 16.1. The minimum absolute atomic E-state index is 0.103. The van der Waals surface area contributed by atoms with Crippen LogP contribution < -0.4 is 10.5 Å². The third kappa shape index (κ3) is 5.21. The second kappa shape index (κ2) is 9.87. The van der Waals surface area contributed by atoms with E-state index in [0.717, 1.165) is 34.9 Å². The van der Waals surface area contributed by atoms with Crippen LogP contribution in [0.1, 0.15) is 36.1 Å². The molecule has 6 nitrogen and oxygen atoms in total. The maximum atomic E-state index is 13.5. The van der Waals surface area contributed by atoms with Crippen LogP contribution in [0, 0.1) is 0 Å². The molecule has 36 heavy (non-hydrogen) atoms.